The first-order valence-electron chi connectivity index (χ1n) is 10.2. The number of oxime groups is 1. The third-order valence-electron chi connectivity index (χ3n) is 5.22. The largest absolute Gasteiger partial charge is 0.471 e. The Bertz CT molecular complexity index is 988. The molecule has 2 aliphatic rings. The molecule has 1 saturated heterocycles. The molecule has 10 nitrogen and oxygen atoms in total. The molecule has 0 saturated carbocycles. The molecular weight excluding hydrogens is 423 g/mol. The number of amides is 1. The maximum Gasteiger partial charge on any atom is 0.303 e. The molecular formula is C21H23FN4O6. The standard InChI is InChI=1S/C21H23FN4O6/c1-14(27)29-13-21(28)26-7-5-25(6-8-26)19-3-2-15(10-17(19)22)18-11-16(32-23-18)12-30-20-4-9-31-24-20/h2-4,9-10,16H,5-8,11-13H2,1H3/t16-/m0/s1. The first-order chi connectivity index (χ1) is 15.5. The van der Waals surface area contributed by atoms with Gasteiger partial charge in [-0.25, -0.2) is 4.39 Å². The minimum atomic E-state index is -0.495. The van der Waals surface area contributed by atoms with Crippen LogP contribution in [0.25, 0.3) is 0 Å². The highest BCUT2D eigenvalue weighted by atomic mass is 19.1. The molecule has 0 bridgehead atoms. The fraction of sp³-hybridized carbons (Fsp3) is 0.429. The van der Waals surface area contributed by atoms with Gasteiger partial charge < -0.3 is 28.6 Å². The van der Waals surface area contributed by atoms with Crippen LogP contribution >= 0.6 is 0 Å². The first kappa shape index (κ1) is 21.6. The summed E-state index contributed by atoms with van der Waals surface area (Å²) in [7, 11) is 0. The zero-order chi connectivity index (χ0) is 22.5. The van der Waals surface area contributed by atoms with Crippen molar-refractivity contribution in [1.29, 1.82) is 0 Å². The number of hydrogen-bond acceptors (Lipinski definition) is 9. The van der Waals surface area contributed by atoms with Crippen molar-refractivity contribution >= 4 is 23.3 Å². The van der Waals surface area contributed by atoms with Crippen molar-refractivity contribution in [3.8, 4) is 5.88 Å². The maximum atomic E-state index is 14.9. The summed E-state index contributed by atoms with van der Waals surface area (Å²) in [6.45, 7) is 3.05. The predicted molar refractivity (Wildman–Crippen MR) is 110 cm³/mol. The topological polar surface area (TPSA) is 107 Å². The lowest BCUT2D eigenvalue weighted by Crippen LogP contribution is -2.50. The number of anilines is 1. The predicted octanol–water partition coefficient (Wildman–Crippen LogP) is 1.60. The number of hydrogen-bond donors (Lipinski definition) is 0. The van der Waals surface area contributed by atoms with E-state index in [1.807, 2.05) is 4.90 Å². The number of nitrogens with zero attached hydrogens (tertiary/aromatic N) is 4. The van der Waals surface area contributed by atoms with Crippen molar-refractivity contribution in [3.05, 3.63) is 41.9 Å². The minimum Gasteiger partial charge on any atom is -0.471 e. The molecule has 2 aromatic rings. The van der Waals surface area contributed by atoms with Crippen LogP contribution in [-0.4, -0.2) is 73.1 Å². The molecule has 1 amide bonds. The molecule has 4 rings (SSSR count). The summed E-state index contributed by atoms with van der Waals surface area (Å²) in [6, 6.07) is 6.56. The molecule has 1 fully saturated rings. The number of benzene rings is 1. The number of ether oxygens (including phenoxy) is 2. The van der Waals surface area contributed by atoms with Gasteiger partial charge in [0.15, 0.2) is 12.7 Å². The van der Waals surface area contributed by atoms with E-state index < -0.39 is 5.97 Å². The SMILES string of the molecule is CC(=O)OCC(=O)N1CCN(c2ccc(C3=NO[C@H](COc4ccon4)C3)cc2F)CC1. The van der Waals surface area contributed by atoms with Gasteiger partial charge in [0, 0.05) is 51.2 Å². The van der Waals surface area contributed by atoms with E-state index in [1.165, 1.54) is 19.3 Å². The highest BCUT2D eigenvalue weighted by Crippen LogP contribution is 2.25. The summed E-state index contributed by atoms with van der Waals surface area (Å²) < 4.78 is 29.8. The van der Waals surface area contributed by atoms with E-state index in [2.05, 4.69) is 10.3 Å². The van der Waals surface area contributed by atoms with E-state index in [1.54, 1.807) is 23.1 Å². The summed E-state index contributed by atoms with van der Waals surface area (Å²) in [4.78, 5) is 31.8. The third-order valence-corrected chi connectivity index (χ3v) is 5.22. The Kier molecular flexibility index (Phi) is 6.52. The van der Waals surface area contributed by atoms with Gasteiger partial charge in [0.05, 0.1) is 11.4 Å². The molecule has 3 heterocycles. The number of carbonyl (C=O) groups excluding carboxylic acids is 2. The first-order valence-corrected chi connectivity index (χ1v) is 10.2. The van der Waals surface area contributed by atoms with Crippen molar-refractivity contribution in [2.45, 2.75) is 19.4 Å². The van der Waals surface area contributed by atoms with Crippen molar-refractivity contribution in [1.82, 2.24) is 10.1 Å². The maximum absolute atomic E-state index is 14.9. The second-order valence-electron chi connectivity index (χ2n) is 7.43. The Balaban J connectivity index is 1.29. The zero-order valence-electron chi connectivity index (χ0n) is 17.5. The number of piperazine rings is 1. The molecule has 170 valence electrons. The van der Waals surface area contributed by atoms with Crippen molar-refractivity contribution in [2.24, 2.45) is 5.16 Å². The second-order valence-corrected chi connectivity index (χ2v) is 7.43. The fourth-order valence-corrected chi connectivity index (χ4v) is 3.54. The van der Waals surface area contributed by atoms with Crippen LogP contribution in [0.3, 0.4) is 0 Å². The molecule has 1 aromatic heterocycles. The number of rotatable bonds is 7. The molecule has 0 spiro atoms. The van der Waals surface area contributed by atoms with Gasteiger partial charge in [0.2, 0.25) is 0 Å². The lowest BCUT2D eigenvalue weighted by atomic mass is 10.0. The van der Waals surface area contributed by atoms with Crippen LogP contribution in [0.15, 0.2) is 40.2 Å². The molecule has 1 aromatic carbocycles. The smallest absolute Gasteiger partial charge is 0.303 e. The van der Waals surface area contributed by atoms with Gasteiger partial charge in [-0.15, -0.1) is 0 Å². The average Bonchev–Trinajstić information content (AvgIpc) is 3.48. The zero-order valence-corrected chi connectivity index (χ0v) is 17.5. The molecule has 2 aliphatic heterocycles. The molecule has 32 heavy (non-hydrogen) atoms. The summed E-state index contributed by atoms with van der Waals surface area (Å²) in [5, 5.41) is 7.73. The highest BCUT2D eigenvalue weighted by molar-refractivity contribution is 6.01. The van der Waals surface area contributed by atoms with Gasteiger partial charge in [-0.2, -0.15) is 0 Å². The lowest BCUT2D eigenvalue weighted by molar-refractivity contribution is -0.150. The molecule has 11 heteroatoms. The Labute approximate surface area is 183 Å². The van der Waals surface area contributed by atoms with Gasteiger partial charge >= 0.3 is 5.97 Å². The summed E-state index contributed by atoms with van der Waals surface area (Å²) in [6.07, 6.45) is 1.61. The molecule has 0 radical (unpaired) electrons. The molecule has 1 atom stereocenters. The van der Waals surface area contributed by atoms with Crippen LogP contribution in [0.4, 0.5) is 10.1 Å². The Hall–Kier alpha value is -3.63. The van der Waals surface area contributed by atoms with Crippen molar-refractivity contribution < 1.29 is 32.8 Å². The van der Waals surface area contributed by atoms with Crippen LogP contribution in [-0.2, 0) is 19.2 Å². The molecule has 0 aliphatic carbocycles. The number of aromatic nitrogens is 1. The highest BCUT2D eigenvalue weighted by Gasteiger charge is 2.26. The van der Waals surface area contributed by atoms with E-state index in [9.17, 15) is 14.0 Å². The Morgan fingerprint density at radius 3 is 2.72 bits per heavy atom. The van der Waals surface area contributed by atoms with E-state index in [0.717, 1.165) is 0 Å². The Morgan fingerprint density at radius 1 is 1.22 bits per heavy atom. The average molecular weight is 446 g/mol. The Morgan fingerprint density at radius 2 is 2.03 bits per heavy atom. The van der Waals surface area contributed by atoms with Gasteiger partial charge in [0.25, 0.3) is 11.8 Å². The van der Waals surface area contributed by atoms with Crippen LogP contribution in [0.1, 0.15) is 18.9 Å². The molecule has 0 N–H and O–H groups in total. The number of carbonyl (C=O) groups is 2. The monoisotopic (exact) mass is 446 g/mol. The van der Waals surface area contributed by atoms with Crippen LogP contribution in [0.5, 0.6) is 5.88 Å². The van der Waals surface area contributed by atoms with E-state index >= 15 is 0 Å². The second kappa shape index (κ2) is 9.67. The number of esters is 1. The van der Waals surface area contributed by atoms with Crippen LogP contribution < -0.4 is 9.64 Å². The van der Waals surface area contributed by atoms with Gasteiger partial charge in [-0.3, -0.25) is 9.59 Å². The van der Waals surface area contributed by atoms with Gasteiger partial charge in [-0.05, 0) is 17.3 Å². The summed E-state index contributed by atoms with van der Waals surface area (Å²) in [5.41, 5.74) is 1.75. The van der Waals surface area contributed by atoms with Crippen LogP contribution in [0.2, 0.25) is 0 Å². The molecule has 0 unspecified atom stereocenters. The summed E-state index contributed by atoms with van der Waals surface area (Å²) >= 11 is 0. The minimum absolute atomic E-state index is 0.251. The van der Waals surface area contributed by atoms with E-state index in [-0.39, 0.29) is 31.0 Å². The quantitative estimate of drug-likeness (QED) is 0.591. The van der Waals surface area contributed by atoms with Gasteiger partial charge in [-0.1, -0.05) is 11.2 Å². The van der Waals surface area contributed by atoms with Crippen molar-refractivity contribution in [3.63, 3.8) is 0 Å². The summed E-state index contributed by atoms with van der Waals surface area (Å²) in [5.74, 6) is -0.750. The van der Waals surface area contributed by atoms with E-state index in [0.29, 0.717) is 55.4 Å². The van der Waals surface area contributed by atoms with Gasteiger partial charge in [0.1, 0.15) is 18.7 Å². The van der Waals surface area contributed by atoms with Crippen LogP contribution in [0, 0.1) is 5.82 Å². The normalized spacial score (nSPS) is 18.2. The third kappa shape index (κ3) is 5.16. The van der Waals surface area contributed by atoms with Crippen molar-refractivity contribution in [2.75, 3.05) is 44.3 Å². The lowest BCUT2D eigenvalue weighted by Gasteiger charge is -2.36. The number of halogens is 1. The van der Waals surface area contributed by atoms with E-state index in [4.69, 9.17) is 18.8 Å². The fourth-order valence-electron chi connectivity index (χ4n) is 3.54.